The van der Waals surface area contributed by atoms with Crippen LogP contribution in [-0.2, 0) is 13.5 Å². The van der Waals surface area contributed by atoms with Gasteiger partial charge in [-0.25, -0.2) is 0 Å². The summed E-state index contributed by atoms with van der Waals surface area (Å²) < 4.78 is 2.65. The van der Waals surface area contributed by atoms with Crippen molar-refractivity contribution in [2.24, 2.45) is 7.05 Å². The van der Waals surface area contributed by atoms with E-state index in [1.165, 1.54) is 0 Å². The van der Waals surface area contributed by atoms with Crippen molar-refractivity contribution in [3.63, 3.8) is 0 Å². The fourth-order valence-corrected chi connectivity index (χ4v) is 2.91. The first-order valence-corrected chi connectivity index (χ1v) is 7.40. The molecule has 2 aromatic carbocycles. The third-order valence-corrected chi connectivity index (χ3v) is 4.06. The van der Waals surface area contributed by atoms with Crippen molar-refractivity contribution in [1.82, 2.24) is 4.57 Å². The summed E-state index contributed by atoms with van der Waals surface area (Å²) in [4.78, 5) is 12.4. The lowest BCUT2D eigenvalue weighted by atomic mass is 10.0. The molecule has 0 bridgehead atoms. The molecule has 1 N–H and O–H groups in total. The molecule has 21 heavy (non-hydrogen) atoms. The maximum Gasteiger partial charge on any atom is 0.254 e. The molecule has 0 atom stereocenters. The summed E-state index contributed by atoms with van der Waals surface area (Å²) in [6.45, 7) is 0. The molecule has 0 saturated carbocycles. The fourth-order valence-electron chi connectivity index (χ4n) is 2.53. The Kier molecular flexibility index (Phi) is 3.55. The van der Waals surface area contributed by atoms with Crippen LogP contribution < -0.4 is 5.56 Å². The van der Waals surface area contributed by atoms with Gasteiger partial charge >= 0.3 is 0 Å². The SMILES string of the molecule is Cn1c(=O)c(Cc2cccc(O)c2)cc2cc(Br)ccc21. The molecule has 0 amide bonds. The Morgan fingerprint density at radius 1 is 1.14 bits per heavy atom. The molecule has 0 spiro atoms. The van der Waals surface area contributed by atoms with Crippen molar-refractivity contribution in [1.29, 1.82) is 0 Å². The van der Waals surface area contributed by atoms with E-state index < -0.39 is 0 Å². The number of halogens is 1. The number of hydrogen-bond acceptors (Lipinski definition) is 2. The highest BCUT2D eigenvalue weighted by Gasteiger charge is 2.08. The van der Waals surface area contributed by atoms with E-state index in [4.69, 9.17) is 0 Å². The third kappa shape index (κ3) is 2.72. The second kappa shape index (κ2) is 5.37. The number of phenols is 1. The van der Waals surface area contributed by atoms with Crippen molar-refractivity contribution in [3.8, 4) is 5.75 Å². The number of pyridine rings is 1. The Bertz CT molecular complexity index is 884. The average molecular weight is 344 g/mol. The summed E-state index contributed by atoms with van der Waals surface area (Å²) in [7, 11) is 1.78. The summed E-state index contributed by atoms with van der Waals surface area (Å²) in [5.41, 5.74) is 2.53. The minimum Gasteiger partial charge on any atom is -0.508 e. The highest BCUT2D eigenvalue weighted by molar-refractivity contribution is 9.10. The molecule has 0 aliphatic carbocycles. The number of aromatic nitrogens is 1. The van der Waals surface area contributed by atoms with Crippen LogP contribution in [0, 0.1) is 0 Å². The summed E-state index contributed by atoms with van der Waals surface area (Å²) in [6.07, 6.45) is 0.503. The van der Waals surface area contributed by atoms with Crippen LogP contribution in [0.5, 0.6) is 5.75 Å². The van der Waals surface area contributed by atoms with Crippen LogP contribution in [0.2, 0.25) is 0 Å². The molecule has 4 heteroatoms. The number of fused-ring (bicyclic) bond motifs is 1. The molecule has 0 unspecified atom stereocenters. The van der Waals surface area contributed by atoms with E-state index in [1.54, 1.807) is 29.8 Å². The Morgan fingerprint density at radius 3 is 2.71 bits per heavy atom. The van der Waals surface area contributed by atoms with Crippen LogP contribution >= 0.6 is 15.9 Å². The number of benzene rings is 2. The first kappa shape index (κ1) is 13.9. The molecular weight excluding hydrogens is 330 g/mol. The first-order valence-electron chi connectivity index (χ1n) is 6.60. The largest absolute Gasteiger partial charge is 0.508 e. The maximum absolute atomic E-state index is 12.4. The van der Waals surface area contributed by atoms with Gasteiger partial charge in [0.1, 0.15) is 5.75 Å². The van der Waals surface area contributed by atoms with E-state index in [9.17, 15) is 9.90 Å². The van der Waals surface area contributed by atoms with Crippen LogP contribution in [0.4, 0.5) is 0 Å². The monoisotopic (exact) mass is 343 g/mol. The van der Waals surface area contributed by atoms with Crippen molar-refractivity contribution in [2.45, 2.75) is 6.42 Å². The third-order valence-electron chi connectivity index (χ3n) is 3.57. The summed E-state index contributed by atoms with van der Waals surface area (Å²) in [6, 6.07) is 14.8. The summed E-state index contributed by atoms with van der Waals surface area (Å²) in [5.74, 6) is 0.216. The van der Waals surface area contributed by atoms with Gasteiger partial charge in [0.15, 0.2) is 0 Å². The van der Waals surface area contributed by atoms with Gasteiger partial charge in [-0.05, 0) is 47.3 Å². The number of hydrogen-bond donors (Lipinski definition) is 1. The van der Waals surface area contributed by atoms with Crippen LogP contribution in [0.25, 0.3) is 10.9 Å². The molecule has 0 fully saturated rings. The molecule has 106 valence electrons. The van der Waals surface area contributed by atoms with Gasteiger partial charge in [-0.3, -0.25) is 4.79 Å². The zero-order valence-corrected chi connectivity index (χ0v) is 13.1. The molecule has 0 aliphatic heterocycles. The second-order valence-electron chi connectivity index (χ2n) is 5.08. The van der Waals surface area contributed by atoms with Crippen molar-refractivity contribution < 1.29 is 5.11 Å². The molecule has 3 rings (SSSR count). The molecular formula is C17H14BrNO2. The van der Waals surface area contributed by atoms with Gasteiger partial charge in [-0.2, -0.15) is 0 Å². The number of aromatic hydroxyl groups is 1. The molecule has 1 heterocycles. The zero-order valence-electron chi connectivity index (χ0n) is 11.5. The number of rotatable bonds is 2. The van der Waals surface area contributed by atoms with Gasteiger partial charge in [0.05, 0.1) is 5.52 Å². The van der Waals surface area contributed by atoms with E-state index in [0.717, 1.165) is 20.9 Å². The molecule has 1 aromatic heterocycles. The van der Waals surface area contributed by atoms with Crippen molar-refractivity contribution >= 4 is 26.8 Å². The van der Waals surface area contributed by atoms with E-state index in [1.807, 2.05) is 30.3 Å². The van der Waals surface area contributed by atoms with Gasteiger partial charge in [0.2, 0.25) is 0 Å². The lowest BCUT2D eigenvalue weighted by Gasteiger charge is -2.09. The van der Waals surface area contributed by atoms with E-state index in [-0.39, 0.29) is 11.3 Å². The van der Waals surface area contributed by atoms with Gasteiger partial charge in [0, 0.05) is 23.5 Å². The highest BCUT2D eigenvalue weighted by atomic mass is 79.9. The fraction of sp³-hybridized carbons (Fsp3) is 0.118. The van der Waals surface area contributed by atoms with Gasteiger partial charge < -0.3 is 9.67 Å². The van der Waals surface area contributed by atoms with Crippen molar-refractivity contribution in [3.05, 3.63) is 74.5 Å². The summed E-state index contributed by atoms with van der Waals surface area (Å²) in [5, 5.41) is 10.5. The first-order chi connectivity index (χ1) is 10.0. The van der Waals surface area contributed by atoms with Gasteiger partial charge in [-0.15, -0.1) is 0 Å². The number of aryl methyl sites for hydroxylation is 1. The lowest BCUT2D eigenvalue weighted by Crippen LogP contribution is -2.21. The normalized spacial score (nSPS) is 11.0. The number of nitrogens with zero attached hydrogens (tertiary/aromatic N) is 1. The zero-order chi connectivity index (χ0) is 15.0. The van der Waals surface area contributed by atoms with E-state index in [2.05, 4.69) is 15.9 Å². The highest BCUT2D eigenvalue weighted by Crippen LogP contribution is 2.20. The van der Waals surface area contributed by atoms with E-state index >= 15 is 0 Å². The Labute approximate surface area is 130 Å². The topological polar surface area (TPSA) is 42.2 Å². The van der Waals surface area contributed by atoms with Crippen LogP contribution in [0.1, 0.15) is 11.1 Å². The van der Waals surface area contributed by atoms with E-state index in [0.29, 0.717) is 12.0 Å². The van der Waals surface area contributed by atoms with Crippen LogP contribution in [-0.4, -0.2) is 9.67 Å². The lowest BCUT2D eigenvalue weighted by molar-refractivity contribution is 0.474. The summed E-state index contributed by atoms with van der Waals surface area (Å²) >= 11 is 3.46. The Morgan fingerprint density at radius 2 is 1.95 bits per heavy atom. The van der Waals surface area contributed by atoms with Gasteiger partial charge in [-0.1, -0.05) is 28.1 Å². The Hall–Kier alpha value is -2.07. The predicted octanol–water partition coefficient (Wildman–Crippen LogP) is 3.60. The van der Waals surface area contributed by atoms with Crippen molar-refractivity contribution in [2.75, 3.05) is 0 Å². The molecule has 3 aromatic rings. The number of phenolic OH excluding ortho intramolecular Hbond substituents is 1. The molecule has 0 radical (unpaired) electrons. The van der Waals surface area contributed by atoms with Gasteiger partial charge in [0.25, 0.3) is 5.56 Å². The minimum absolute atomic E-state index is 0.00633. The smallest absolute Gasteiger partial charge is 0.254 e. The minimum atomic E-state index is -0.00633. The standard InChI is InChI=1S/C17H14BrNO2/c1-19-16-6-5-14(18)10-12(16)9-13(17(19)21)7-11-3-2-4-15(20)8-11/h2-6,8-10,20H,7H2,1H3. The van der Waals surface area contributed by atoms with Crippen LogP contribution in [0.15, 0.2) is 57.8 Å². The maximum atomic E-state index is 12.4. The quantitative estimate of drug-likeness (QED) is 0.772. The molecule has 0 aliphatic rings. The average Bonchev–Trinajstić information content (AvgIpc) is 2.44. The van der Waals surface area contributed by atoms with Crippen LogP contribution in [0.3, 0.4) is 0 Å². The Balaban J connectivity index is 2.14. The molecule has 0 saturated heterocycles. The predicted molar refractivity (Wildman–Crippen MR) is 87.8 cm³/mol. The second-order valence-corrected chi connectivity index (χ2v) is 6.00. The molecule has 3 nitrogen and oxygen atoms in total.